The molecule has 0 aromatic heterocycles. The number of amides is 1. The third kappa shape index (κ3) is 2.77. The molecule has 1 aromatic carbocycles. The maximum absolute atomic E-state index is 13.4. The molecule has 1 heterocycles. The van der Waals surface area contributed by atoms with Gasteiger partial charge in [-0.15, -0.1) is 0 Å². The summed E-state index contributed by atoms with van der Waals surface area (Å²) in [5.74, 6) is -2.04. The smallest absolute Gasteiger partial charge is 0.414 e. The molecule has 0 bridgehead atoms. The van der Waals surface area contributed by atoms with Crippen LogP contribution >= 0.6 is 0 Å². The highest BCUT2D eigenvalue weighted by Crippen LogP contribution is 2.48. The molecular weight excluding hydrogens is 299 g/mol. The van der Waals surface area contributed by atoms with E-state index in [9.17, 15) is 23.1 Å². The van der Waals surface area contributed by atoms with E-state index in [1.165, 1.54) is 18.2 Å². The van der Waals surface area contributed by atoms with Gasteiger partial charge >= 0.3 is 12.3 Å². The van der Waals surface area contributed by atoms with Crippen LogP contribution in [-0.4, -0.2) is 30.0 Å². The molecule has 1 N–H and O–H groups in total. The number of hydrogen-bond acceptors (Lipinski definition) is 3. The van der Waals surface area contributed by atoms with Crippen LogP contribution in [0, 0.1) is 5.92 Å². The number of alkyl halides is 3. The summed E-state index contributed by atoms with van der Waals surface area (Å²) < 4.78 is 45.1. The standard InChI is InChI=1S/C15H18F3NO3/c1-3-10-12(15(16,17)18)13(20)9-7-5-6-8-11(9)19(10)14(21)22-4-2/h5-8,10,12-13,20H,3-4H2,1-2H3/t10-,12?,13-/m0/s1. The zero-order chi connectivity index (χ0) is 16.5. The summed E-state index contributed by atoms with van der Waals surface area (Å²) in [5, 5.41) is 10.2. The maximum Gasteiger partial charge on any atom is 0.414 e. The highest BCUT2D eigenvalue weighted by atomic mass is 19.4. The van der Waals surface area contributed by atoms with E-state index < -0.39 is 30.3 Å². The van der Waals surface area contributed by atoms with E-state index in [-0.39, 0.29) is 24.3 Å². The number of carbonyl (C=O) groups is 1. The molecule has 1 aliphatic rings. The van der Waals surface area contributed by atoms with Crippen molar-refractivity contribution in [1.29, 1.82) is 0 Å². The van der Waals surface area contributed by atoms with E-state index in [0.29, 0.717) is 0 Å². The molecule has 3 atom stereocenters. The van der Waals surface area contributed by atoms with E-state index in [2.05, 4.69) is 0 Å². The largest absolute Gasteiger partial charge is 0.449 e. The summed E-state index contributed by atoms with van der Waals surface area (Å²) in [6.45, 7) is 3.20. The predicted octanol–water partition coefficient (Wildman–Crippen LogP) is 3.65. The summed E-state index contributed by atoms with van der Waals surface area (Å²) in [4.78, 5) is 13.2. The van der Waals surface area contributed by atoms with E-state index in [1.54, 1.807) is 19.9 Å². The quantitative estimate of drug-likeness (QED) is 0.906. The second kappa shape index (κ2) is 6.16. The van der Waals surface area contributed by atoms with Crippen molar-refractivity contribution < 1.29 is 27.8 Å². The Bertz CT molecular complexity index is 547. The van der Waals surface area contributed by atoms with Crippen LogP contribution in [0.3, 0.4) is 0 Å². The lowest BCUT2D eigenvalue weighted by Gasteiger charge is -2.44. The number of benzene rings is 1. The van der Waals surface area contributed by atoms with Gasteiger partial charge in [0.25, 0.3) is 0 Å². The number of halogens is 3. The Hall–Kier alpha value is -1.76. The third-order valence-corrected chi connectivity index (χ3v) is 3.86. The van der Waals surface area contributed by atoms with Gasteiger partial charge in [0.05, 0.1) is 24.4 Å². The third-order valence-electron chi connectivity index (χ3n) is 3.86. The van der Waals surface area contributed by atoms with Crippen LogP contribution in [0.2, 0.25) is 0 Å². The highest BCUT2D eigenvalue weighted by molar-refractivity contribution is 5.90. The molecule has 0 spiro atoms. The van der Waals surface area contributed by atoms with E-state index in [4.69, 9.17) is 4.74 Å². The van der Waals surface area contributed by atoms with Crippen LogP contribution in [0.15, 0.2) is 24.3 Å². The number of fused-ring (bicyclic) bond motifs is 1. The van der Waals surface area contributed by atoms with E-state index in [0.717, 1.165) is 4.90 Å². The topological polar surface area (TPSA) is 49.8 Å². The lowest BCUT2D eigenvalue weighted by atomic mass is 9.81. The normalized spacial score (nSPS) is 24.8. The number of aliphatic hydroxyl groups is 1. The van der Waals surface area contributed by atoms with Crippen molar-refractivity contribution in [1.82, 2.24) is 0 Å². The monoisotopic (exact) mass is 317 g/mol. The zero-order valence-corrected chi connectivity index (χ0v) is 12.3. The molecular formula is C15H18F3NO3. The van der Waals surface area contributed by atoms with Gasteiger partial charge in [0.2, 0.25) is 0 Å². The first-order valence-electron chi connectivity index (χ1n) is 7.12. The van der Waals surface area contributed by atoms with Crippen molar-refractivity contribution in [3.05, 3.63) is 29.8 Å². The number of para-hydroxylation sites is 1. The SMILES string of the molecule is CCOC(=O)N1c2ccccc2[C@H](O)C(C(F)(F)F)[C@@H]1CC. The summed E-state index contributed by atoms with van der Waals surface area (Å²) >= 11 is 0. The van der Waals surface area contributed by atoms with Crippen molar-refractivity contribution in [2.75, 3.05) is 11.5 Å². The number of hydrogen-bond donors (Lipinski definition) is 1. The zero-order valence-electron chi connectivity index (χ0n) is 12.3. The molecule has 1 aromatic rings. The number of aliphatic hydroxyl groups excluding tert-OH is 1. The molecule has 0 saturated carbocycles. The lowest BCUT2D eigenvalue weighted by Crippen LogP contribution is -2.54. The van der Waals surface area contributed by atoms with Gasteiger partial charge in [-0.05, 0) is 19.4 Å². The first-order valence-corrected chi connectivity index (χ1v) is 7.12. The molecule has 0 fully saturated rings. The van der Waals surface area contributed by atoms with Gasteiger partial charge in [-0.2, -0.15) is 13.2 Å². The molecule has 0 saturated heterocycles. The van der Waals surface area contributed by atoms with Gasteiger partial charge in [-0.25, -0.2) is 4.79 Å². The maximum atomic E-state index is 13.4. The lowest BCUT2D eigenvalue weighted by molar-refractivity contribution is -0.209. The molecule has 122 valence electrons. The van der Waals surface area contributed by atoms with Crippen LogP contribution in [0.5, 0.6) is 0 Å². The van der Waals surface area contributed by atoms with Crippen molar-refractivity contribution in [2.24, 2.45) is 5.92 Å². The fourth-order valence-electron chi connectivity index (χ4n) is 2.96. The fraction of sp³-hybridized carbons (Fsp3) is 0.533. The average Bonchev–Trinajstić information content (AvgIpc) is 2.45. The van der Waals surface area contributed by atoms with E-state index in [1.807, 2.05) is 0 Å². The Morgan fingerprint density at radius 3 is 2.50 bits per heavy atom. The fourth-order valence-corrected chi connectivity index (χ4v) is 2.96. The summed E-state index contributed by atoms with van der Waals surface area (Å²) in [7, 11) is 0. The number of nitrogens with zero attached hydrogens (tertiary/aromatic N) is 1. The molecule has 2 rings (SSSR count). The predicted molar refractivity (Wildman–Crippen MR) is 74.5 cm³/mol. The second-order valence-corrected chi connectivity index (χ2v) is 5.12. The molecule has 0 aliphatic carbocycles. The molecule has 0 radical (unpaired) electrons. The van der Waals surface area contributed by atoms with Crippen LogP contribution < -0.4 is 4.90 Å². The Labute approximate surface area is 126 Å². The van der Waals surface area contributed by atoms with Gasteiger partial charge in [0, 0.05) is 5.56 Å². The van der Waals surface area contributed by atoms with Crippen molar-refractivity contribution >= 4 is 11.8 Å². The van der Waals surface area contributed by atoms with Gasteiger partial charge < -0.3 is 9.84 Å². The number of ether oxygens (including phenoxy) is 1. The first-order chi connectivity index (χ1) is 10.3. The van der Waals surface area contributed by atoms with Gasteiger partial charge in [0.15, 0.2) is 0 Å². The van der Waals surface area contributed by atoms with Gasteiger partial charge in [-0.3, -0.25) is 4.90 Å². The first kappa shape index (κ1) is 16.6. The van der Waals surface area contributed by atoms with Gasteiger partial charge in [0.1, 0.15) is 5.92 Å². The van der Waals surface area contributed by atoms with Crippen LogP contribution in [0.25, 0.3) is 0 Å². The molecule has 4 nitrogen and oxygen atoms in total. The minimum atomic E-state index is -4.63. The molecule has 1 aliphatic heterocycles. The Morgan fingerprint density at radius 1 is 1.32 bits per heavy atom. The van der Waals surface area contributed by atoms with E-state index >= 15 is 0 Å². The number of carbonyl (C=O) groups excluding carboxylic acids is 1. The average molecular weight is 317 g/mol. The van der Waals surface area contributed by atoms with Crippen molar-refractivity contribution in [2.45, 2.75) is 38.6 Å². The molecule has 1 unspecified atom stereocenters. The molecule has 1 amide bonds. The number of rotatable bonds is 2. The second-order valence-electron chi connectivity index (χ2n) is 5.12. The van der Waals surface area contributed by atoms with Crippen molar-refractivity contribution in [3.8, 4) is 0 Å². The van der Waals surface area contributed by atoms with Crippen LogP contribution in [0.4, 0.5) is 23.7 Å². The summed E-state index contributed by atoms with van der Waals surface area (Å²) in [5.41, 5.74) is 0.350. The minimum Gasteiger partial charge on any atom is -0.449 e. The molecule has 7 heteroatoms. The van der Waals surface area contributed by atoms with Crippen molar-refractivity contribution in [3.63, 3.8) is 0 Å². The Kier molecular flexibility index (Phi) is 4.65. The summed E-state index contributed by atoms with van der Waals surface area (Å²) in [6, 6.07) is 4.86. The van der Waals surface area contributed by atoms with Gasteiger partial charge in [-0.1, -0.05) is 25.1 Å². The number of anilines is 1. The highest BCUT2D eigenvalue weighted by Gasteiger charge is 2.55. The summed E-state index contributed by atoms with van der Waals surface area (Å²) in [6.07, 6.45) is -7.11. The minimum absolute atomic E-state index is 0.0500. The Balaban J connectivity index is 2.58. The molecule has 22 heavy (non-hydrogen) atoms. The Morgan fingerprint density at radius 2 is 1.95 bits per heavy atom. The van der Waals surface area contributed by atoms with Crippen LogP contribution in [-0.2, 0) is 4.74 Å². The van der Waals surface area contributed by atoms with Crippen LogP contribution in [0.1, 0.15) is 31.9 Å².